The van der Waals surface area contributed by atoms with E-state index >= 15 is 0 Å². The highest BCUT2D eigenvalue weighted by molar-refractivity contribution is 7.93. The van der Waals surface area contributed by atoms with Crippen LogP contribution in [-0.2, 0) is 10.0 Å². The molecule has 5 nitrogen and oxygen atoms in total. The SMILES string of the molecule is CC(C#N)S(=O)(=O)Nc1ccc(F)c(C#N)c1. The molecule has 1 N–H and O–H groups in total. The van der Waals surface area contributed by atoms with Crippen molar-refractivity contribution in [3.8, 4) is 12.1 Å². The smallest absolute Gasteiger partial charge is 0.248 e. The van der Waals surface area contributed by atoms with Crippen LogP contribution >= 0.6 is 0 Å². The molecule has 1 aromatic carbocycles. The van der Waals surface area contributed by atoms with Crippen LogP contribution in [0.15, 0.2) is 18.2 Å². The second-order valence-electron chi connectivity index (χ2n) is 3.22. The molecule has 1 atom stereocenters. The summed E-state index contributed by atoms with van der Waals surface area (Å²) < 4.78 is 38.1. The Kier molecular flexibility index (Phi) is 3.66. The van der Waals surface area contributed by atoms with Gasteiger partial charge in [-0.15, -0.1) is 0 Å². The molecule has 7 heteroatoms. The summed E-state index contributed by atoms with van der Waals surface area (Å²) >= 11 is 0. The number of hydrogen-bond donors (Lipinski definition) is 1. The summed E-state index contributed by atoms with van der Waals surface area (Å²) in [5, 5.41) is 15.9. The number of hydrogen-bond acceptors (Lipinski definition) is 4. The number of anilines is 1. The number of nitrogens with zero attached hydrogens (tertiary/aromatic N) is 2. The highest BCUT2D eigenvalue weighted by Gasteiger charge is 2.20. The first-order chi connectivity index (χ1) is 7.90. The summed E-state index contributed by atoms with van der Waals surface area (Å²) in [6.07, 6.45) is 0. The van der Waals surface area contributed by atoms with Crippen molar-refractivity contribution in [1.82, 2.24) is 0 Å². The van der Waals surface area contributed by atoms with Gasteiger partial charge in [0.2, 0.25) is 10.0 Å². The first-order valence-corrected chi connectivity index (χ1v) is 6.06. The van der Waals surface area contributed by atoms with E-state index in [1.165, 1.54) is 13.0 Å². The maximum absolute atomic E-state index is 13.0. The zero-order valence-electron chi connectivity index (χ0n) is 8.81. The summed E-state index contributed by atoms with van der Waals surface area (Å²) in [6, 6.07) is 6.39. The number of rotatable bonds is 3. The Morgan fingerprint density at radius 3 is 2.59 bits per heavy atom. The van der Waals surface area contributed by atoms with E-state index < -0.39 is 21.1 Å². The van der Waals surface area contributed by atoms with Gasteiger partial charge >= 0.3 is 0 Å². The van der Waals surface area contributed by atoms with Crippen LogP contribution in [0.1, 0.15) is 12.5 Å². The zero-order chi connectivity index (χ0) is 13.1. The van der Waals surface area contributed by atoms with E-state index in [4.69, 9.17) is 10.5 Å². The van der Waals surface area contributed by atoms with Crippen molar-refractivity contribution in [2.24, 2.45) is 0 Å². The Morgan fingerprint density at radius 1 is 1.41 bits per heavy atom. The lowest BCUT2D eigenvalue weighted by molar-refractivity contribution is 0.597. The van der Waals surface area contributed by atoms with Crippen molar-refractivity contribution in [2.45, 2.75) is 12.2 Å². The molecule has 0 heterocycles. The summed E-state index contributed by atoms with van der Waals surface area (Å²) in [7, 11) is -3.84. The molecule has 0 saturated carbocycles. The molecule has 1 aromatic rings. The van der Waals surface area contributed by atoms with Crippen LogP contribution in [0.25, 0.3) is 0 Å². The minimum atomic E-state index is -3.84. The van der Waals surface area contributed by atoms with Crippen LogP contribution in [0.2, 0.25) is 0 Å². The number of nitriles is 2. The fraction of sp³-hybridized carbons (Fsp3) is 0.200. The molecule has 1 rings (SSSR count). The van der Waals surface area contributed by atoms with Crippen LogP contribution in [0.5, 0.6) is 0 Å². The predicted molar refractivity (Wildman–Crippen MR) is 58.7 cm³/mol. The molecule has 0 bridgehead atoms. The molecular weight excluding hydrogens is 245 g/mol. The average molecular weight is 253 g/mol. The second-order valence-corrected chi connectivity index (χ2v) is 5.23. The van der Waals surface area contributed by atoms with Gasteiger partial charge in [-0.2, -0.15) is 10.5 Å². The maximum atomic E-state index is 13.0. The lowest BCUT2D eigenvalue weighted by Crippen LogP contribution is -2.23. The van der Waals surface area contributed by atoms with Crippen molar-refractivity contribution in [3.05, 3.63) is 29.6 Å². The average Bonchev–Trinajstić information content (AvgIpc) is 2.30. The topological polar surface area (TPSA) is 93.8 Å². The van der Waals surface area contributed by atoms with Gasteiger partial charge in [0.1, 0.15) is 11.9 Å². The highest BCUT2D eigenvalue weighted by Crippen LogP contribution is 2.16. The third-order valence-corrected chi connectivity index (χ3v) is 3.55. The minimum absolute atomic E-state index is 0.0463. The Bertz CT molecular complexity index is 613. The van der Waals surface area contributed by atoms with Crippen LogP contribution < -0.4 is 4.72 Å². The first-order valence-electron chi connectivity index (χ1n) is 4.51. The van der Waals surface area contributed by atoms with E-state index in [2.05, 4.69) is 4.72 Å². The van der Waals surface area contributed by atoms with Crippen molar-refractivity contribution in [2.75, 3.05) is 4.72 Å². The van der Waals surface area contributed by atoms with E-state index in [-0.39, 0.29) is 11.3 Å². The molecule has 17 heavy (non-hydrogen) atoms. The fourth-order valence-corrected chi connectivity index (χ4v) is 1.77. The van der Waals surface area contributed by atoms with Crippen molar-refractivity contribution < 1.29 is 12.8 Å². The van der Waals surface area contributed by atoms with Gasteiger partial charge in [-0.1, -0.05) is 0 Å². The van der Waals surface area contributed by atoms with Crippen LogP contribution in [0.3, 0.4) is 0 Å². The van der Waals surface area contributed by atoms with Crippen molar-refractivity contribution >= 4 is 15.7 Å². The summed E-state index contributed by atoms with van der Waals surface area (Å²) in [4.78, 5) is 0. The summed E-state index contributed by atoms with van der Waals surface area (Å²) in [5.41, 5.74) is -0.222. The third-order valence-electron chi connectivity index (χ3n) is 1.99. The lowest BCUT2D eigenvalue weighted by atomic mass is 10.2. The van der Waals surface area contributed by atoms with Gasteiger partial charge in [0.25, 0.3) is 0 Å². The van der Waals surface area contributed by atoms with Crippen LogP contribution in [-0.4, -0.2) is 13.7 Å². The van der Waals surface area contributed by atoms with Crippen molar-refractivity contribution in [1.29, 1.82) is 10.5 Å². The number of nitrogens with one attached hydrogen (secondary N) is 1. The molecule has 88 valence electrons. The molecule has 0 spiro atoms. The Hall–Kier alpha value is -2.12. The largest absolute Gasteiger partial charge is 0.282 e. The number of sulfonamides is 1. The molecule has 0 aliphatic carbocycles. The highest BCUT2D eigenvalue weighted by atomic mass is 32.2. The van der Waals surface area contributed by atoms with Gasteiger partial charge in [-0.25, -0.2) is 12.8 Å². The lowest BCUT2D eigenvalue weighted by Gasteiger charge is -2.09. The summed E-state index contributed by atoms with van der Waals surface area (Å²) in [5.74, 6) is -0.733. The zero-order valence-corrected chi connectivity index (χ0v) is 9.62. The third kappa shape index (κ3) is 2.92. The number of halogens is 1. The maximum Gasteiger partial charge on any atom is 0.248 e. The quantitative estimate of drug-likeness (QED) is 0.879. The molecule has 0 aliphatic heterocycles. The van der Waals surface area contributed by atoms with Crippen molar-refractivity contribution in [3.63, 3.8) is 0 Å². The summed E-state index contributed by atoms with van der Waals surface area (Å²) in [6.45, 7) is 1.22. The molecule has 0 aliphatic rings. The predicted octanol–water partition coefficient (Wildman–Crippen LogP) is 1.35. The van der Waals surface area contributed by atoms with Crippen LogP contribution in [0.4, 0.5) is 10.1 Å². The Morgan fingerprint density at radius 2 is 2.06 bits per heavy atom. The Balaban J connectivity index is 3.07. The fourth-order valence-electron chi connectivity index (χ4n) is 0.996. The molecule has 0 amide bonds. The van der Waals surface area contributed by atoms with Gasteiger partial charge in [0, 0.05) is 0 Å². The van der Waals surface area contributed by atoms with Gasteiger partial charge < -0.3 is 0 Å². The molecule has 0 aromatic heterocycles. The van der Waals surface area contributed by atoms with Gasteiger partial charge in [0.15, 0.2) is 5.25 Å². The van der Waals surface area contributed by atoms with E-state index in [1.807, 2.05) is 0 Å². The first kappa shape index (κ1) is 12.9. The molecular formula is C10H8FN3O2S. The molecule has 0 radical (unpaired) electrons. The van der Waals surface area contributed by atoms with Crippen LogP contribution in [0, 0.1) is 28.5 Å². The molecule has 1 unspecified atom stereocenters. The second kappa shape index (κ2) is 4.81. The van der Waals surface area contributed by atoms with E-state index in [9.17, 15) is 12.8 Å². The Labute approximate surface area is 98.2 Å². The number of benzene rings is 1. The monoisotopic (exact) mass is 253 g/mol. The standard InChI is InChI=1S/C10H8FN3O2S/c1-7(5-12)17(15,16)14-9-2-3-10(11)8(4-9)6-13/h2-4,7,14H,1H3. The van der Waals surface area contributed by atoms with Gasteiger partial charge in [-0.05, 0) is 25.1 Å². The van der Waals surface area contributed by atoms with Gasteiger partial charge in [-0.3, -0.25) is 4.72 Å². The van der Waals surface area contributed by atoms with E-state index in [0.29, 0.717) is 0 Å². The van der Waals surface area contributed by atoms with E-state index in [0.717, 1.165) is 12.1 Å². The van der Waals surface area contributed by atoms with E-state index in [1.54, 1.807) is 12.1 Å². The minimum Gasteiger partial charge on any atom is -0.282 e. The molecule has 0 saturated heterocycles. The van der Waals surface area contributed by atoms with Gasteiger partial charge in [0.05, 0.1) is 17.3 Å². The normalized spacial score (nSPS) is 12.2. The molecule has 0 fully saturated rings.